The molecule has 0 spiro atoms. The van der Waals surface area contributed by atoms with Gasteiger partial charge in [-0.1, -0.05) is 0 Å². The van der Waals surface area contributed by atoms with Gasteiger partial charge >= 0.3 is 12.0 Å². The average Bonchev–Trinajstić information content (AvgIpc) is 2.14. The summed E-state index contributed by atoms with van der Waals surface area (Å²) in [5.41, 5.74) is 0. The number of carboxylic acids is 1. The van der Waals surface area contributed by atoms with Gasteiger partial charge in [0.25, 0.3) is 6.43 Å². The lowest BCUT2D eigenvalue weighted by Crippen LogP contribution is -2.47. The largest absolute Gasteiger partial charge is 0.481 e. The van der Waals surface area contributed by atoms with Crippen molar-refractivity contribution in [2.24, 2.45) is 0 Å². The van der Waals surface area contributed by atoms with E-state index < -0.39 is 37.6 Å². The summed E-state index contributed by atoms with van der Waals surface area (Å²) in [7, 11) is 0. The minimum Gasteiger partial charge on any atom is -0.481 e. The van der Waals surface area contributed by atoms with E-state index in [1.165, 1.54) is 6.92 Å². The number of carbonyl (C=O) groups is 2. The zero-order chi connectivity index (χ0) is 13.4. The molecule has 2 amide bonds. The number of rotatable bonds is 7. The molecule has 0 bridgehead atoms. The Morgan fingerprint density at radius 2 is 2.00 bits per heavy atom. The fourth-order valence-electron chi connectivity index (χ4n) is 1.18. The van der Waals surface area contributed by atoms with Gasteiger partial charge in [0.1, 0.15) is 0 Å². The number of amides is 2. The van der Waals surface area contributed by atoms with Crippen LogP contribution in [0.2, 0.25) is 0 Å². The number of carboxylic acid groups (broad SMARTS) is 1. The zero-order valence-corrected chi connectivity index (χ0v) is 9.40. The summed E-state index contributed by atoms with van der Waals surface area (Å²) in [6.45, 7) is -0.0128. The van der Waals surface area contributed by atoms with Crippen LogP contribution in [-0.4, -0.2) is 59.3 Å². The molecular formula is C9H16F2N2O4. The number of nitrogens with one attached hydrogen (secondary N) is 1. The highest BCUT2D eigenvalue weighted by atomic mass is 19.3. The molecule has 0 saturated carbocycles. The monoisotopic (exact) mass is 254 g/mol. The second-order valence-electron chi connectivity index (χ2n) is 3.51. The summed E-state index contributed by atoms with van der Waals surface area (Å²) in [6.07, 6.45) is -3.00. The summed E-state index contributed by atoms with van der Waals surface area (Å²) >= 11 is 0. The van der Waals surface area contributed by atoms with Crippen LogP contribution in [-0.2, 0) is 4.79 Å². The van der Waals surface area contributed by atoms with Crippen LogP contribution in [0.15, 0.2) is 0 Å². The van der Waals surface area contributed by atoms with E-state index in [0.29, 0.717) is 0 Å². The first-order chi connectivity index (χ1) is 7.86. The highest BCUT2D eigenvalue weighted by molar-refractivity contribution is 5.75. The maximum absolute atomic E-state index is 12.1. The number of aliphatic hydroxyl groups excluding tert-OH is 1. The standard InChI is InChI=1S/C9H16F2N2O4/c1-6(4-8(15)16)12-9(17)13(2-3-14)5-7(10)11/h6-7,14H,2-5H2,1H3,(H,12,17)(H,15,16). The van der Waals surface area contributed by atoms with E-state index in [1.54, 1.807) is 0 Å². The molecule has 6 nitrogen and oxygen atoms in total. The van der Waals surface area contributed by atoms with Gasteiger partial charge in [-0.15, -0.1) is 0 Å². The van der Waals surface area contributed by atoms with Crippen molar-refractivity contribution in [1.29, 1.82) is 0 Å². The minimum atomic E-state index is -2.71. The molecular weight excluding hydrogens is 238 g/mol. The Bertz CT molecular complexity index is 263. The third kappa shape index (κ3) is 7.45. The Hall–Kier alpha value is -1.44. The van der Waals surface area contributed by atoms with Gasteiger partial charge in [-0.25, -0.2) is 13.6 Å². The van der Waals surface area contributed by atoms with Gasteiger partial charge in [0, 0.05) is 12.6 Å². The van der Waals surface area contributed by atoms with E-state index in [2.05, 4.69) is 5.32 Å². The number of hydrogen-bond acceptors (Lipinski definition) is 3. The summed E-state index contributed by atoms with van der Waals surface area (Å²) < 4.78 is 24.2. The molecule has 1 atom stereocenters. The van der Waals surface area contributed by atoms with Crippen molar-refractivity contribution >= 4 is 12.0 Å². The van der Waals surface area contributed by atoms with Crippen LogP contribution in [0.4, 0.5) is 13.6 Å². The Kier molecular flexibility index (Phi) is 7.11. The van der Waals surface area contributed by atoms with E-state index in [-0.39, 0.29) is 13.0 Å². The smallest absolute Gasteiger partial charge is 0.317 e. The van der Waals surface area contributed by atoms with Gasteiger partial charge in [0.15, 0.2) is 0 Å². The summed E-state index contributed by atoms with van der Waals surface area (Å²) in [5.74, 6) is -1.10. The van der Waals surface area contributed by atoms with Crippen molar-refractivity contribution in [3.05, 3.63) is 0 Å². The second-order valence-corrected chi connectivity index (χ2v) is 3.51. The first-order valence-corrected chi connectivity index (χ1v) is 5.03. The maximum Gasteiger partial charge on any atom is 0.317 e. The Morgan fingerprint density at radius 3 is 2.41 bits per heavy atom. The van der Waals surface area contributed by atoms with E-state index >= 15 is 0 Å². The Balaban J connectivity index is 4.25. The van der Waals surface area contributed by atoms with Gasteiger partial charge < -0.3 is 20.4 Å². The normalized spacial score (nSPS) is 12.3. The van der Waals surface area contributed by atoms with Crippen molar-refractivity contribution in [3.63, 3.8) is 0 Å². The molecule has 1 unspecified atom stereocenters. The molecule has 0 saturated heterocycles. The molecule has 3 N–H and O–H groups in total. The predicted molar refractivity (Wildman–Crippen MR) is 54.9 cm³/mol. The summed E-state index contributed by atoms with van der Waals surface area (Å²) in [6, 6.07) is -1.48. The number of hydrogen-bond donors (Lipinski definition) is 3. The second kappa shape index (κ2) is 7.77. The molecule has 0 aromatic heterocycles. The van der Waals surface area contributed by atoms with Crippen LogP contribution in [0.25, 0.3) is 0 Å². The number of halogens is 2. The number of urea groups is 1. The molecule has 0 aliphatic heterocycles. The Morgan fingerprint density at radius 1 is 1.41 bits per heavy atom. The number of aliphatic hydroxyl groups is 1. The van der Waals surface area contributed by atoms with E-state index in [4.69, 9.17) is 10.2 Å². The average molecular weight is 254 g/mol. The molecule has 0 aliphatic rings. The van der Waals surface area contributed by atoms with E-state index in [9.17, 15) is 18.4 Å². The Labute approximate surface area is 97.2 Å². The third-order valence-corrected chi connectivity index (χ3v) is 1.87. The topological polar surface area (TPSA) is 89.9 Å². The van der Waals surface area contributed by atoms with Gasteiger partial charge in [-0.3, -0.25) is 4.79 Å². The fraction of sp³-hybridized carbons (Fsp3) is 0.778. The van der Waals surface area contributed by atoms with Crippen LogP contribution in [0.3, 0.4) is 0 Å². The lowest BCUT2D eigenvalue weighted by Gasteiger charge is -2.23. The lowest BCUT2D eigenvalue weighted by molar-refractivity contribution is -0.137. The van der Waals surface area contributed by atoms with Crippen LogP contribution >= 0.6 is 0 Å². The first kappa shape index (κ1) is 15.6. The third-order valence-electron chi connectivity index (χ3n) is 1.87. The summed E-state index contributed by atoms with van der Waals surface area (Å²) in [4.78, 5) is 22.5. The number of nitrogens with zero attached hydrogens (tertiary/aromatic N) is 1. The van der Waals surface area contributed by atoms with Crippen molar-refractivity contribution in [3.8, 4) is 0 Å². The van der Waals surface area contributed by atoms with Crippen LogP contribution < -0.4 is 5.32 Å². The zero-order valence-electron chi connectivity index (χ0n) is 9.40. The number of aliphatic carboxylic acids is 1. The molecule has 0 aromatic rings. The predicted octanol–water partition coefficient (Wildman–Crippen LogP) is 0.119. The number of carbonyl (C=O) groups excluding carboxylic acids is 1. The van der Waals surface area contributed by atoms with E-state index in [1.807, 2.05) is 0 Å². The van der Waals surface area contributed by atoms with Crippen molar-refractivity contribution < 1.29 is 28.6 Å². The molecule has 0 heterocycles. The molecule has 0 aliphatic carbocycles. The first-order valence-electron chi connectivity index (χ1n) is 5.03. The fourth-order valence-corrected chi connectivity index (χ4v) is 1.18. The van der Waals surface area contributed by atoms with Crippen LogP contribution in [0.5, 0.6) is 0 Å². The molecule has 0 rings (SSSR count). The molecule has 8 heteroatoms. The number of alkyl halides is 2. The molecule has 17 heavy (non-hydrogen) atoms. The highest BCUT2D eigenvalue weighted by Gasteiger charge is 2.19. The van der Waals surface area contributed by atoms with Gasteiger partial charge in [0.05, 0.1) is 19.6 Å². The lowest BCUT2D eigenvalue weighted by atomic mass is 10.2. The van der Waals surface area contributed by atoms with Crippen molar-refractivity contribution in [2.45, 2.75) is 25.8 Å². The van der Waals surface area contributed by atoms with Gasteiger partial charge in [-0.05, 0) is 6.92 Å². The maximum atomic E-state index is 12.1. The quantitative estimate of drug-likeness (QED) is 0.602. The molecule has 0 aromatic carbocycles. The van der Waals surface area contributed by atoms with Gasteiger partial charge in [-0.2, -0.15) is 0 Å². The molecule has 100 valence electrons. The van der Waals surface area contributed by atoms with Crippen molar-refractivity contribution in [2.75, 3.05) is 19.7 Å². The van der Waals surface area contributed by atoms with Crippen molar-refractivity contribution in [1.82, 2.24) is 10.2 Å². The van der Waals surface area contributed by atoms with Gasteiger partial charge in [0.2, 0.25) is 0 Å². The SMILES string of the molecule is CC(CC(=O)O)NC(=O)N(CCO)CC(F)F. The van der Waals surface area contributed by atoms with E-state index in [0.717, 1.165) is 4.90 Å². The van der Waals surface area contributed by atoms with Crippen LogP contribution in [0, 0.1) is 0 Å². The minimum absolute atomic E-state index is 0.226. The summed E-state index contributed by atoms with van der Waals surface area (Å²) in [5, 5.41) is 19.3. The highest BCUT2D eigenvalue weighted by Crippen LogP contribution is 2.00. The molecule has 0 radical (unpaired) electrons. The van der Waals surface area contributed by atoms with Crippen LogP contribution in [0.1, 0.15) is 13.3 Å². The molecule has 0 fully saturated rings.